The standard InChI is InChI=1S/C14H18N4O/c1-9-4-14-16-7-10(8-18(14)17-9)6-15-12-5-11-2-3-13(12)19-11/h4,7-8,11-13,15H,2-3,5-6H2,1H3. The first-order valence-corrected chi connectivity index (χ1v) is 6.98. The highest BCUT2D eigenvalue weighted by molar-refractivity contribution is 5.38. The van der Waals surface area contributed by atoms with Gasteiger partial charge in [0.1, 0.15) is 0 Å². The molecule has 2 aliphatic heterocycles. The van der Waals surface area contributed by atoms with Crippen LogP contribution in [-0.2, 0) is 11.3 Å². The molecule has 4 heterocycles. The minimum absolute atomic E-state index is 0.425. The van der Waals surface area contributed by atoms with E-state index in [-0.39, 0.29) is 0 Å². The van der Waals surface area contributed by atoms with Crippen molar-refractivity contribution in [1.29, 1.82) is 0 Å². The first-order valence-electron chi connectivity index (χ1n) is 6.98. The molecular weight excluding hydrogens is 240 g/mol. The van der Waals surface area contributed by atoms with Crippen LogP contribution in [0.25, 0.3) is 5.65 Å². The van der Waals surface area contributed by atoms with Gasteiger partial charge in [-0.05, 0) is 26.2 Å². The molecule has 0 saturated carbocycles. The first kappa shape index (κ1) is 11.4. The smallest absolute Gasteiger partial charge is 0.155 e. The van der Waals surface area contributed by atoms with Crippen molar-refractivity contribution in [3.8, 4) is 0 Å². The fraction of sp³-hybridized carbons (Fsp3) is 0.571. The molecule has 3 unspecified atom stereocenters. The van der Waals surface area contributed by atoms with Gasteiger partial charge in [-0.25, -0.2) is 9.50 Å². The van der Waals surface area contributed by atoms with Gasteiger partial charge in [0.2, 0.25) is 0 Å². The number of aryl methyl sites for hydroxylation is 1. The lowest BCUT2D eigenvalue weighted by Gasteiger charge is -2.19. The zero-order valence-electron chi connectivity index (χ0n) is 11.0. The van der Waals surface area contributed by atoms with Crippen LogP contribution in [0.4, 0.5) is 0 Å². The quantitative estimate of drug-likeness (QED) is 0.905. The Kier molecular flexibility index (Phi) is 2.56. The van der Waals surface area contributed by atoms with Crippen molar-refractivity contribution in [2.24, 2.45) is 0 Å². The lowest BCUT2D eigenvalue weighted by atomic mass is 9.95. The number of fused-ring (bicyclic) bond motifs is 3. The van der Waals surface area contributed by atoms with E-state index in [4.69, 9.17) is 4.74 Å². The molecule has 0 aromatic carbocycles. The number of ether oxygens (including phenoxy) is 1. The highest BCUT2D eigenvalue weighted by Gasteiger charge is 2.40. The van der Waals surface area contributed by atoms with Gasteiger partial charge < -0.3 is 10.1 Å². The van der Waals surface area contributed by atoms with Crippen LogP contribution in [0.3, 0.4) is 0 Å². The van der Waals surface area contributed by atoms with Gasteiger partial charge in [0.15, 0.2) is 5.65 Å². The minimum Gasteiger partial charge on any atom is -0.373 e. The molecule has 3 atom stereocenters. The van der Waals surface area contributed by atoms with Gasteiger partial charge in [-0.2, -0.15) is 5.10 Å². The van der Waals surface area contributed by atoms with Gasteiger partial charge in [-0.15, -0.1) is 0 Å². The Hall–Kier alpha value is -1.46. The van der Waals surface area contributed by atoms with Gasteiger partial charge >= 0.3 is 0 Å². The fourth-order valence-electron chi connectivity index (χ4n) is 3.23. The lowest BCUT2D eigenvalue weighted by molar-refractivity contribution is 0.0973. The molecule has 2 aromatic heterocycles. The molecule has 4 rings (SSSR count). The molecule has 2 fully saturated rings. The molecule has 0 radical (unpaired) electrons. The van der Waals surface area contributed by atoms with Crippen molar-refractivity contribution in [1.82, 2.24) is 19.9 Å². The zero-order valence-corrected chi connectivity index (χ0v) is 11.0. The Balaban J connectivity index is 1.46. The van der Waals surface area contributed by atoms with Crippen molar-refractivity contribution in [3.63, 3.8) is 0 Å². The van der Waals surface area contributed by atoms with Crippen LogP contribution in [-0.4, -0.2) is 32.8 Å². The molecule has 2 saturated heterocycles. The van der Waals surface area contributed by atoms with Gasteiger partial charge in [0.25, 0.3) is 0 Å². The van der Waals surface area contributed by atoms with E-state index >= 15 is 0 Å². The third-order valence-electron chi connectivity index (χ3n) is 4.16. The van der Waals surface area contributed by atoms with Crippen molar-refractivity contribution >= 4 is 5.65 Å². The number of aromatic nitrogens is 3. The molecule has 100 valence electrons. The maximum Gasteiger partial charge on any atom is 0.155 e. The van der Waals surface area contributed by atoms with Crippen LogP contribution >= 0.6 is 0 Å². The average Bonchev–Trinajstić information content (AvgIpc) is 3.08. The second-order valence-corrected chi connectivity index (χ2v) is 5.65. The molecule has 0 amide bonds. The van der Waals surface area contributed by atoms with E-state index in [1.165, 1.54) is 18.4 Å². The van der Waals surface area contributed by atoms with E-state index in [0.717, 1.165) is 24.3 Å². The predicted octanol–water partition coefficient (Wildman–Crippen LogP) is 1.45. The summed E-state index contributed by atoms with van der Waals surface area (Å²) in [7, 11) is 0. The van der Waals surface area contributed by atoms with E-state index in [1.54, 1.807) is 0 Å². The monoisotopic (exact) mass is 258 g/mol. The summed E-state index contributed by atoms with van der Waals surface area (Å²) in [6.07, 6.45) is 8.50. The summed E-state index contributed by atoms with van der Waals surface area (Å²) in [5.74, 6) is 0. The van der Waals surface area contributed by atoms with Gasteiger partial charge in [0, 0.05) is 36.6 Å². The highest BCUT2D eigenvalue weighted by atomic mass is 16.5. The molecule has 2 aliphatic rings. The van der Waals surface area contributed by atoms with Crippen molar-refractivity contribution in [2.75, 3.05) is 0 Å². The van der Waals surface area contributed by atoms with E-state index < -0.39 is 0 Å². The number of rotatable bonds is 3. The molecular formula is C14H18N4O. The number of hydrogen-bond acceptors (Lipinski definition) is 4. The van der Waals surface area contributed by atoms with Crippen LogP contribution in [0.2, 0.25) is 0 Å². The Morgan fingerprint density at radius 2 is 2.42 bits per heavy atom. The van der Waals surface area contributed by atoms with Crippen molar-refractivity contribution < 1.29 is 4.74 Å². The molecule has 5 nitrogen and oxygen atoms in total. The summed E-state index contributed by atoms with van der Waals surface area (Å²) in [4.78, 5) is 4.42. The topological polar surface area (TPSA) is 51.5 Å². The summed E-state index contributed by atoms with van der Waals surface area (Å²) in [5, 5.41) is 7.99. The molecule has 0 aliphatic carbocycles. The third kappa shape index (κ3) is 2.03. The van der Waals surface area contributed by atoms with Gasteiger partial charge in [-0.3, -0.25) is 0 Å². The van der Waals surface area contributed by atoms with E-state index in [0.29, 0.717) is 18.2 Å². The predicted molar refractivity (Wildman–Crippen MR) is 70.9 cm³/mol. The molecule has 1 N–H and O–H groups in total. The fourth-order valence-corrected chi connectivity index (χ4v) is 3.23. The summed E-state index contributed by atoms with van der Waals surface area (Å²) in [6.45, 7) is 2.82. The molecule has 2 aromatic rings. The van der Waals surface area contributed by atoms with Gasteiger partial charge in [-0.1, -0.05) is 0 Å². The average molecular weight is 258 g/mol. The molecule has 2 bridgehead atoms. The Morgan fingerprint density at radius 3 is 3.21 bits per heavy atom. The summed E-state index contributed by atoms with van der Waals surface area (Å²) in [6, 6.07) is 2.50. The van der Waals surface area contributed by atoms with Crippen LogP contribution in [0.1, 0.15) is 30.5 Å². The maximum absolute atomic E-state index is 5.85. The highest BCUT2D eigenvalue weighted by Crippen LogP contribution is 2.34. The number of nitrogens with one attached hydrogen (secondary N) is 1. The van der Waals surface area contributed by atoms with Crippen molar-refractivity contribution in [3.05, 3.63) is 29.7 Å². The summed E-state index contributed by atoms with van der Waals surface area (Å²) >= 11 is 0. The molecule has 0 spiro atoms. The summed E-state index contributed by atoms with van der Waals surface area (Å²) in [5.41, 5.74) is 3.07. The normalized spacial score (nSPS) is 29.4. The van der Waals surface area contributed by atoms with E-state index in [9.17, 15) is 0 Å². The van der Waals surface area contributed by atoms with Crippen LogP contribution in [0, 0.1) is 6.92 Å². The van der Waals surface area contributed by atoms with Crippen LogP contribution in [0.5, 0.6) is 0 Å². The number of nitrogens with zero attached hydrogens (tertiary/aromatic N) is 3. The number of hydrogen-bond donors (Lipinski definition) is 1. The van der Waals surface area contributed by atoms with Crippen LogP contribution in [0.15, 0.2) is 18.5 Å². The Morgan fingerprint density at radius 1 is 1.47 bits per heavy atom. The Labute approximate surface area is 112 Å². The lowest BCUT2D eigenvalue weighted by Crippen LogP contribution is -2.37. The third-order valence-corrected chi connectivity index (χ3v) is 4.16. The van der Waals surface area contributed by atoms with Gasteiger partial charge in [0.05, 0.1) is 17.9 Å². The molecule has 5 heteroatoms. The molecule has 19 heavy (non-hydrogen) atoms. The second-order valence-electron chi connectivity index (χ2n) is 5.65. The first-order chi connectivity index (χ1) is 9.28. The largest absolute Gasteiger partial charge is 0.373 e. The maximum atomic E-state index is 5.85. The summed E-state index contributed by atoms with van der Waals surface area (Å²) < 4.78 is 7.70. The minimum atomic E-state index is 0.425. The second kappa shape index (κ2) is 4.28. The SMILES string of the molecule is Cc1cc2ncc(CNC3CC4CCC3O4)cn2n1. The van der Waals surface area contributed by atoms with E-state index in [1.807, 2.05) is 23.7 Å². The van der Waals surface area contributed by atoms with Crippen LogP contribution < -0.4 is 5.32 Å². The van der Waals surface area contributed by atoms with Crippen molar-refractivity contribution in [2.45, 2.75) is 51.0 Å². The zero-order chi connectivity index (χ0) is 12.8. The Bertz CT molecular complexity index is 609. The van der Waals surface area contributed by atoms with E-state index in [2.05, 4.69) is 21.6 Å².